The summed E-state index contributed by atoms with van der Waals surface area (Å²) in [4.78, 5) is 0. The monoisotopic (exact) mass is 335 g/mol. The van der Waals surface area contributed by atoms with Crippen molar-refractivity contribution in [1.29, 1.82) is 0 Å². The van der Waals surface area contributed by atoms with Gasteiger partial charge in [0.15, 0.2) is 0 Å². The largest absolute Gasteiger partial charge is 0.497 e. The van der Waals surface area contributed by atoms with Crippen LogP contribution in [-0.4, -0.2) is 28.9 Å². The van der Waals surface area contributed by atoms with Crippen LogP contribution in [0.5, 0.6) is 11.5 Å². The third-order valence-electron chi connectivity index (χ3n) is 3.50. The van der Waals surface area contributed by atoms with Gasteiger partial charge in [0.05, 0.1) is 32.7 Å². The highest BCUT2D eigenvalue weighted by atomic mass is 32.2. The van der Waals surface area contributed by atoms with Crippen molar-refractivity contribution in [2.75, 3.05) is 24.8 Å². The maximum atomic E-state index is 12.3. The van der Waals surface area contributed by atoms with Crippen LogP contribution in [0.3, 0.4) is 0 Å². The van der Waals surface area contributed by atoms with Crippen molar-refractivity contribution in [3.63, 3.8) is 0 Å². The van der Waals surface area contributed by atoms with Crippen molar-refractivity contribution in [1.82, 2.24) is 0 Å². The topological polar surface area (TPSA) is 55.8 Å². The van der Waals surface area contributed by atoms with Crippen LogP contribution in [0.25, 0.3) is 0 Å². The Labute approximate surface area is 137 Å². The minimum atomic E-state index is -3.49. The highest BCUT2D eigenvalue weighted by molar-refractivity contribution is 7.92. The fourth-order valence-electron chi connectivity index (χ4n) is 2.23. The molecule has 0 heterocycles. The van der Waals surface area contributed by atoms with Crippen LogP contribution >= 0.6 is 0 Å². The Morgan fingerprint density at radius 1 is 1.00 bits per heavy atom. The first kappa shape index (κ1) is 17.1. The van der Waals surface area contributed by atoms with Crippen molar-refractivity contribution >= 4 is 15.7 Å². The van der Waals surface area contributed by atoms with E-state index in [2.05, 4.69) is 0 Å². The SMILES string of the molecule is COc1ccc(OC)c(N(Cc2ccc(C)cc2)S(C)(=O)=O)c1. The highest BCUT2D eigenvalue weighted by Crippen LogP contribution is 2.34. The van der Waals surface area contributed by atoms with Gasteiger partial charge in [-0.2, -0.15) is 0 Å². The molecule has 6 heteroatoms. The minimum Gasteiger partial charge on any atom is -0.497 e. The van der Waals surface area contributed by atoms with E-state index in [1.807, 2.05) is 31.2 Å². The van der Waals surface area contributed by atoms with E-state index < -0.39 is 10.0 Å². The molecule has 0 aromatic heterocycles. The Morgan fingerprint density at radius 2 is 1.65 bits per heavy atom. The van der Waals surface area contributed by atoms with Crippen LogP contribution in [0.2, 0.25) is 0 Å². The molecule has 0 saturated carbocycles. The Hall–Kier alpha value is -2.21. The van der Waals surface area contributed by atoms with Gasteiger partial charge in [0.2, 0.25) is 10.0 Å². The normalized spacial score (nSPS) is 11.1. The molecular weight excluding hydrogens is 314 g/mol. The third kappa shape index (κ3) is 4.16. The van der Waals surface area contributed by atoms with Gasteiger partial charge in [0.1, 0.15) is 11.5 Å². The van der Waals surface area contributed by atoms with Crippen molar-refractivity contribution in [2.45, 2.75) is 13.5 Å². The number of aryl methyl sites for hydroxylation is 1. The van der Waals surface area contributed by atoms with E-state index in [0.717, 1.165) is 11.1 Å². The molecule has 23 heavy (non-hydrogen) atoms. The summed E-state index contributed by atoms with van der Waals surface area (Å²) in [5.74, 6) is 1.04. The van der Waals surface area contributed by atoms with Gasteiger partial charge in [-0.25, -0.2) is 8.42 Å². The summed E-state index contributed by atoms with van der Waals surface area (Å²) in [6.45, 7) is 2.21. The molecule has 2 rings (SSSR count). The number of hydrogen-bond donors (Lipinski definition) is 0. The average molecular weight is 335 g/mol. The first-order valence-electron chi connectivity index (χ1n) is 7.10. The van der Waals surface area contributed by atoms with Crippen LogP contribution in [-0.2, 0) is 16.6 Å². The van der Waals surface area contributed by atoms with Crippen molar-refractivity contribution < 1.29 is 17.9 Å². The minimum absolute atomic E-state index is 0.225. The first-order valence-corrected chi connectivity index (χ1v) is 8.95. The number of anilines is 1. The van der Waals surface area contributed by atoms with Gasteiger partial charge in [0.25, 0.3) is 0 Å². The molecule has 2 aromatic rings. The Bertz CT molecular complexity index is 770. The second kappa shape index (κ2) is 6.91. The van der Waals surface area contributed by atoms with Crippen LogP contribution in [0.4, 0.5) is 5.69 Å². The molecule has 5 nitrogen and oxygen atoms in total. The van der Waals surface area contributed by atoms with Crippen molar-refractivity contribution in [2.24, 2.45) is 0 Å². The fourth-order valence-corrected chi connectivity index (χ4v) is 3.12. The first-order chi connectivity index (χ1) is 10.8. The molecule has 0 aliphatic heterocycles. The molecule has 0 bridgehead atoms. The summed E-state index contributed by atoms with van der Waals surface area (Å²) < 4.78 is 36.4. The summed E-state index contributed by atoms with van der Waals surface area (Å²) in [5.41, 5.74) is 2.47. The summed E-state index contributed by atoms with van der Waals surface area (Å²) in [6.07, 6.45) is 1.18. The van der Waals surface area contributed by atoms with E-state index >= 15 is 0 Å². The second-order valence-corrected chi connectivity index (χ2v) is 7.20. The Morgan fingerprint density at radius 3 is 2.17 bits per heavy atom. The lowest BCUT2D eigenvalue weighted by Gasteiger charge is -2.25. The molecule has 0 saturated heterocycles. The summed E-state index contributed by atoms with van der Waals surface area (Å²) in [5, 5.41) is 0. The van der Waals surface area contributed by atoms with E-state index in [9.17, 15) is 8.42 Å². The lowest BCUT2D eigenvalue weighted by Crippen LogP contribution is -2.29. The highest BCUT2D eigenvalue weighted by Gasteiger charge is 2.22. The number of benzene rings is 2. The number of sulfonamides is 1. The van der Waals surface area contributed by atoms with Crippen LogP contribution in [0.15, 0.2) is 42.5 Å². The van der Waals surface area contributed by atoms with Crippen molar-refractivity contribution in [3.05, 3.63) is 53.6 Å². The van der Waals surface area contributed by atoms with E-state index in [-0.39, 0.29) is 6.54 Å². The van der Waals surface area contributed by atoms with E-state index in [1.165, 1.54) is 24.8 Å². The molecule has 0 atom stereocenters. The fraction of sp³-hybridized carbons (Fsp3) is 0.294. The van der Waals surface area contributed by atoms with Gasteiger partial charge < -0.3 is 9.47 Å². The molecule has 0 radical (unpaired) electrons. The molecule has 0 N–H and O–H groups in total. The molecule has 124 valence electrons. The molecule has 0 fully saturated rings. The van der Waals surface area contributed by atoms with Crippen molar-refractivity contribution in [3.8, 4) is 11.5 Å². The van der Waals surface area contributed by atoms with E-state index in [4.69, 9.17) is 9.47 Å². The van der Waals surface area contributed by atoms with Gasteiger partial charge in [-0.3, -0.25) is 4.31 Å². The second-order valence-electron chi connectivity index (χ2n) is 5.29. The predicted octanol–water partition coefficient (Wildman–Crippen LogP) is 2.98. The number of rotatable bonds is 6. The summed E-state index contributed by atoms with van der Waals surface area (Å²) in [6, 6.07) is 12.8. The summed E-state index contributed by atoms with van der Waals surface area (Å²) >= 11 is 0. The number of nitrogens with zero attached hydrogens (tertiary/aromatic N) is 1. The molecule has 0 unspecified atom stereocenters. The third-order valence-corrected chi connectivity index (χ3v) is 4.63. The number of hydrogen-bond acceptors (Lipinski definition) is 4. The van der Waals surface area contributed by atoms with Gasteiger partial charge in [-0.05, 0) is 24.6 Å². The molecule has 2 aromatic carbocycles. The molecule has 0 spiro atoms. The molecule has 0 aliphatic carbocycles. The molecule has 0 amide bonds. The smallest absolute Gasteiger partial charge is 0.232 e. The van der Waals surface area contributed by atoms with Gasteiger partial charge in [-0.15, -0.1) is 0 Å². The van der Waals surface area contributed by atoms with Crippen LogP contribution < -0.4 is 13.8 Å². The van der Waals surface area contributed by atoms with E-state index in [1.54, 1.807) is 18.2 Å². The van der Waals surface area contributed by atoms with Gasteiger partial charge >= 0.3 is 0 Å². The van der Waals surface area contributed by atoms with Crippen LogP contribution in [0.1, 0.15) is 11.1 Å². The lowest BCUT2D eigenvalue weighted by molar-refractivity contribution is 0.403. The quantitative estimate of drug-likeness (QED) is 0.814. The number of methoxy groups -OCH3 is 2. The Balaban J connectivity index is 2.49. The van der Waals surface area contributed by atoms with Gasteiger partial charge in [0, 0.05) is 6.07 Å². The van der Waals surface area contributed by atoms with Crippen LogP contribution in [0, 0.1) is 6.92 Å². The van der Waals surface area contributed by atoms with Gasteiger partial charge in [-0.1, -0.05) is 29.8 Å². The number of ether oxygens (including phenoxy) is 2. The Kier molecular flexibility index (Phi) is 5.15. The zero-order valence-electron chi connectivity index (χ0n) is 13.7. The average Bonchev–Trinajstić information content (AvgIpc) is 2.52. The lowest BCUT2D eigenvalue weighted by atomic mass is 10.1. The molecular formula is C17H21NO4S. The maximum Gasteiger partial charge on any atom is 0.232 e. The maximum absolute atomic E-state index is 12.3. The predicted molar refractivity (Wildman–Crippen MR) is 91.8 cm³/mol. The van der Waals surface area contributed by atoms with E-state index in [0.29, 0.717) is 17.2 Å². The zero-order valence-corrected chi connectivity index (χ0v) is 14.6. The molecule has 0 aliphatic rings. The standard InChI is InChI=1S/C17H21NO4S/c1-13-5-7-14(8-6-13)12-18(23(4,19)20)16-11-15(21-2)9-10-17(16)22-3/h5-11H,12H2,1-4H3. The zero-order chi connectivity index (χ0) is 17.0. The summed E-state index contributed by atoms with van der Waals surface area (Å²) in [7, 11) is -0.436.